The molecule has 2 N–H and O–H groups in total. The lowest BCUT2D eigenvalue weighted by Gasteiger charge is -2.15. The summed E-state index contributed by atoms with van der Waals surface area (Å²) in [6, 6.07) is 10.4. The summed E-state index contributed by atoms with van der Waals surface area (Å²) in [7, 11) is 0. The molecule has 8 heteroatoms. The van der Waals surface area contributed by atoms with Crippen LogP contribution in [-0.2, 0) is 9.59 Å². The molecule has 0 aliphatic carbocycles. The number of carbonyl (C=O) groups is 2. The van der Waals surface area contributed by atoms with Crippen molar-refractivity contribution in [2.75, 3.05) is 6.61 Å². The number of amides is 2. The third-order valence-electron chi connectivity index (χ3n) is 3.27. The molecule has 0 fully saturated rings. The van der Waals surface area contributed by atoms with E-state index in [9.17, 15) is 14.0 Å². The summed E-state index contributed by atoms with van der Waals surface area (Å²) >= 11 is 5.97. The molecular weight excluding hydrogens is 363 g/mol. The van der Waals surface area contributed by atoms with Crippen LogP contribution in [0.4, 0.5) is 4.39 Å². The van der Waals surface area contributed by atoms with Crippen molar-refractivity contribution >= 4 is 23.4 Å². The molecule has 0 heterocycles. The molecule has 0 saturated carbocycles. The van der Waals surface area contributed by atoms with Gasteiger partial charge in [-0.1, -0.05) is 17.7 Å². The first-order chi connectivity index (χ1) is 12.3. The zero-order chi connectivity index (χ0) is 19.1. The van der Waals surface area contributed by atoms with Gasteiger partial charge in [0.1, 0.15) is 17.3 Å². The van der Waals surface area contributed by atoms with E-state index in [2.05, 4.69) is 10.9 Å². The maximum Gasteiger partial charge on any atom is 0.279 e. The van der Waals surface area contributed by atoms with Crippen molar-refractivity contribution in [1.29, 1.82) is 0 Å². The van der Waals surface area contributed by atoms with E-state index >= 15 is 0 Å². The van der Waals surface area contributed by atoms with Gasteiger partial charge in [0.05, 0.1) is 5.02 Å². The second-order valence-corrected chi connectivity index (χ2v) is 5.88. The van der Waals surface area contributed by atoms with Crippen LogP contribution < -0.4 is 20.3 Å². The van der Waals surface area contributed by atoms with E-state index in [1.165, 1.54) is 31.2 Å². The summed E-state index contributed by atoms with van der Waals surface area (Å²) in [5.41, 5.74) is 5.38. The topological polar surface area (TPSA) is 76.7 Å². The van der Waals surface area contributed by atoms with Crippen LogP contribution in [0.3, 0.4) is 0 Å². The Hall–Kier alpha value is -2.80. The summed E-state index contributed by atoms with van der Waals surface area (Å²) in [4.78, 5) is 23.7. The monoisotopic (exact) mass is 380 g/mol. The molecule has 2 rings (SSSR count). The summed E-state index contributed by atoms with van der Waals surface area (Å²) in [6.07, 6.45) is -0.895. The zero-order valence-electron chi connectivity index (χ0n) is 14.2. The fourth-order valence-corrected chi connectivity index (χ4v) is 2.08. The molecule has 6 nitrogen and oxygen atoms in total. The van der Waals surface area contributed by atoms with Crippen molar-refractivity contribution in [2.45, 2.75) is 20.0 Å². The van der Waals surface area contributed by atoms with E-state index in [0.717, 1.165) is 5.56 Å². The maximum atomic E-state index is 12.8. The summed E-state index contributed by atoms with van der Waals surface area (Å²) in [5.74, 6) is -0.837. The number of carbonyl (C=O) groups excluding carboxylic acids is 2. The van der Waals surface area contributed by atoms with Crippen LogP contribution in [0.5, 0.6) is 11.5 Å². The second kappa shape index (κ2) is 9.05. The minimum absolute atomic E-state index is 0.323. The van der Waals surface area contributed by atoms with Gasteiger partial charge in [-0.3, -0.25) is 20.4 Å². The minimum Gasteiger partial charge on any atom is -0.482 e. The highest BCUT2D eigenvalue weighted by Gasteiger charge is 2.15. The van der Waals surface area contributed by atoms with Gasteiger partial charge in [0, 0.05) is 0 Å². The van der Waals surface area contributed by atoms with Crippen molar-refractivity contribution in [3.63, 3.8) is 0 Å². The molecule has 0 unspecified atom stereocenters. The minimum atomic E-state index is -0.895. The van der Waals surface area contributed by atoms with Gasteiger partial charge in [0.15, 0.2) is 12.7 Å². The molecule has 0 aliphatic heterocycles. The number of hydrogen-bond acceptors (Lipinski definition) is 4. The van der Waals surface area contributed by atoms with Crippen LogP contribution in [-0.4, -0.2) is 24.5 Å². The van der Waals surface area contributed by atoms with Gasteiger partial charge in [-0.15, -0.1) is 0 Å². The molecular formula is C18H18ClFN2O4. The number of nitrogens with one attached hydrogen (secondary N) is 2. The molecule has 26 heavy (non-hydrogen) atoms. The van der Waals surface area contributed by atoms with Crippen molar-refractivity contribution in [3.8, 4) is 11.5 Å². The Morgan fingerprint density at radius 3 is 2.54 bits per heavy atom. The van der Waals surface area contributed by atoms with Crippen LogP contribution in [0.25, 0.3) is 0 Å². The average Bonchev–Trinajstić information content (AvgIpc) is 2.62. The predicted molar refractivity (Wildman–Crippen MR) is 94.5 cm³/mol. The lowest BCUT2D eigenvalue weighted by atomic mass is 10.2. The van der Waals surface area contributed by atoms with Gasteiger partial charge in [-0.25, -0.2) is 4.39 Å². The third-order valence-corrected chi connectivity index (χ3v) is 3.58. The molecule has 2 amide bonds. The number of hydrogen-bond donors (Lipinski definition) is 2. The molecule has 0 aromatic heterocycles. The predicted octanol–water partition coefficient (Wildman–Crippen LogP) is 2.78. The van der Waals surface area contributed by atoms with Gasteiger partial charge in [-0.05, 0) is 55.8 Å². The first-order valence-electron chi connectivity index (χ1n) is 7.75. The van der Waals surface area contributed by atoms with E-state index in [-0.39, 0.29) is 6.61 Å². The number of aryl methyl sites for hydroxylation is 1. The fourth-order valence-electron chi connectivity index (χ4n) is 1.90. The second-order valence-electron chi connectivity index (χ2n) is 5.47. The maximum absolute atomic E-state index is 12.8. The standard InChI is InChI=1S/C18H18ClFN2O4/c1-11-3-8-15(19)16(9-11)25-10-17(23)21-22-18(24)12(2)26-14-6-4-13(20)5-7-14/h3-9,12H,10H2,1-2H3,(H,21,23)(H,22,24)/t12-/m1/s1. The highest BCUT2D eigenvalue weighted by Crippen LogP contribution is 2.24. The Morgan fingerprint density at radius 1 is 1.15 bits per heavy atom. The van der Waals surface area contributed by atoms with E-state index in [4.69, 9.17) is 21.1 Å². The van der Waals surface area contributed by atoms with Gasteiger partial charge >= 0.3 is 0 Å². The van der Waals surface area contributed by atoms with Crippen molar-refractivity contribution < 1.29 is 23.5 Å². The van der Waals surface area contributed by atoms with Gasteiger partial charge < -0.3 is 9.47 Å². The molecule has 0 spiro atoms. The molecule has 0 radical (unpaired) electrons. The highest BCUT2D eigenvalue weighted by atomic mass is 35.5. The summed E-state index contributed by atoms with van der Waals surface area (Å²) in [5, 5.41) is 0.383. The summed E-state index contributed by atoms with van der Waals surface area (Å²) < 4.78 is 23.5. The van der Waals surface area contributed by atoms with E-state index in [0.29, 0.717) is 16.5 Å². The fraction of sp³-hybridized carbons (Fsp3) is 0.222. The van der Waals surface area contributed by atoms with Gasteiger partial charge in [0.25, 0.3) is 11.8 Å². The van der Waals surface area contributed by atoms with Gasteiger partial charge in [-0.2, -0.15) is 0 Å². The average molecular weight is 381 g/mol. The number of halogens is 2. The Kier molecular flexibility index (Phi) is 6.80. The Bertz CT molecular complexity index is 783. The Balaban J connectivity index is 1.76. The van der Waals surface area contributed by atoms with Crippen molar-refractivity contribution in [3.05, 3.63) is 58.9 Å². The summed E-state index contributed by atoms with van der Waals surface area (Å²) in [6.45, 7) is 3.04. The van der Waals surface area contributed by atoms with Crippen molar-refractivity contribution in [2.24, 2.45) is 0 Å². The Morgan fingerprint density at radius 2 is 1.85 bits per heavy atom. The third kappa shape index (κ3) is 5.93. The van der Waals surface area contributed by atoms with Crippen LogP contribution >= 0.6 is 11.6 Å². The molecule has 2 aromatic rings. The largest absolute Gasteiger partial charge is 0.482 e. The number of ether oxygens (including phenoxy) is 2. The molecule has 0 saturated heterocycles. The quantitative estimate of drug-likeness (QED) is 0.755. The lowest BCUT2D eigenvalue weighted by molar-refractivity contribution is -0.133. The van der Waals surface area contributed by atoms with Crippen LogP contribution in [0, 0.1) is 12.7 Å². The number of rotatable bonds is 6. The number of hydrazine groups is 1. The van der Waals surface area contributed by atoms with Crippen LogP contribution in [0.1, 0.15) is 12.5 Å². The first-order valence-corrected chi connectivity index (χ1v) is 8.13. The highest BCUT2D eigenvalue weighted by molar-refractivity contribution is 6.32. The van der Waals surface area contributed by atoms with E-state index in [1.807, 2.05) is 13.0 Å². The normalized spacial score (nSPS) is 11.4. The first kappa shape index (κ1) is 19.5. The number of benzene rings is 2. The SMILES string of the molecule is Cc1ccc(Cl)c(OCC(=O)NNC(=O)[C@@H](C)Oc2ccc(F)cc2)c1. The van der Waals surface area contributed by atoms with E-state index in [1.54, 1.807) is 12.1 Å². The zero-order valence-corrected chi connectivity index (χ0v) is 15.0. The molecule has 1 atom stereocenters. The van der Waals surface area contributed by atoms with Gasteiger partial charge in [0.2, 0.25) is 0 Å². The molecule has 138 valence electrons. The smallest absolute Gasteiger partial charge is 0.279 e. The molecule has 2 aromatic carbocycles. The molecule has 0 bridgehead atoms. The Labute approximate surface area is 155 Å². The van der Waals surface area contributed by atoms with E-state index < -0.39 is 23.7 Å². The van der Waals surface area contributed by atoms with Crippen molar-refractivity contribution in [1.82, 2.24) is 10.9 Å². The van der Waals surface area contributed by atoms with Crippen LogP contribution in [0.15, 0.2) is 42.5 Å². The lowest BCUT2D eigenvalue weighted by Crippen LogP contribution is -2.48. The molecule has 0 aliphatic rings. The van der Waals surface area contributed by atoms with Crippen LogP contribution in [0.2, 0.25) is 5.02 Å².